The molecule has 1 saturated heterocycles. The molecule has 2 aliphatic rings. The molecule has 2 aromatic rings. The SMILES string of the molecule is O=C(O)C1CCCCC1C(=O)N1CCN(C(=O)c2nc3ccccc3s2)CC1. The molecule has 8 heteroatoms. The first kappa shape index (κ1) is 18.9. The summed E-state index contributed by atoms with van der Waals surface area (Å²) in [5, 5.41) is 9.90. The standard InChI is InChI=1S/C20H23N3O4S/c24-18(13-5-1-2-6-14(13)20(26)27)22-9-11-23(12-10-22)19(25)17-21-15-7-3-4-8-16(15)28-17/h3-4,7-8,13-14H,1-2,5-6,9-12H2,(H,26,27). The van der Waals surface area contributed by atoms with Crippen LogP contribution in [-0.2, 0) is 9.59 Å². The topological polar surface area (TPSA) is 90.8 Å². The number of carboxylic acids is 1. The Balaban J connectivity index is 1.39. The van der Waals surface area contributed by atoms with Crippen molar-refractivity contribution < 1.29 is 19.5 Å². The van der Waals surface area contributed by atoms with Crippen LogP contribution >= 0.6 is 11.3 Å². The van der Waals surface area contributed by atoms with Crippen LogP contribution < -0.4 is 0 Å². The molecule has 1 aliphatic heterocycles. The van der Waals surface area contributed by atoms with Gasteiger partial charge in [-0.3, -0.25) is 14.4 Å². The van der Waals surface area contributed by atoms with E-state index in [1.165, 1.54) is 11.3 Å². The van der Waals surface area contributed by atoms with Gasteiger partial charge in [0.1, 0.15) is 0 Å². The molecule has 0 spiro atoms. The third-order valence-electron chi connectivity index (χ3n) is 5.76. The summed E-state index contributed by atoms with van der Waals surface area (Å²) in [7, 11) is 0. The van der Waals surface area contributed by atoms with E-state index in [1.54, 1.807) is 9.80 Å². The minimum Gasteiger partial charge on any atom is -0.481 e. The maximum atomic E-state index is 12.9. The van der Waals surface area contributed by atoms with Crippen LogP contribution in [0.25, 0.3) is 10.2 Å². The van der Waals surface area contributed by atoms with Crippen LogP contribution in [0.3, 0.4) is 0 Å². The van der Waals surface area contributed by atoms with E-state index >= 15 is 0 Å². The molecule has 28 heavy (non-hydrogen) atoms. The maximum absolute atomic E-state index is 12.9. The third kappa shape index (κ3) is 3.61. The molecule has 2 amide bonds. The average Bonchev–Trinajstić information content (AvgIpc) is 3.17. The first-order valence-corrected chi connectivity index (χ1v) is 10.5. The summed E-state index contributed by atoms with van der Waals surface area (Å²) < 4.78 is 0.983. The number of piperazine rings is 1. The monoisotopic (exact) mass is 401 g/mol. The molecular formula is C20H23N3O4S. The van der Waals surface area contributed by atoms with Gasteiger partial charge in [-0.1, -0.05) is 25.0 Å². The van der Waals surface area contributed by atoms with Crippen LogP contribution in [0.2, 0.25) is 0 Å². The molecule has 148 valence electrons. The second kappa shape index (κ2) is 7.87. The van der Waals surface area contributed by atoms with Gasteiger partial charge in [-0.05, 0) is 25.0 Å². The largest absolute Gasteiger partial charge is 0.481 e. The molecule has 1 aromatic heterocycles. The second-order valence-electron chi connectivity index (χ2n) is 7.44. The fourth-order valence-corrected chi connectivity index (χ4v) is 5.12. The highest BCUT2D eigenvalue weighted by molar-refractivity contribution is 7.20. The second-order valence-corrected chi connectivity index (χ2v) is 8.47. The zero-order chi connectivity index (χ0) is 19.7. The number of aromatic nitrogens is 1. The Morgan fingerprint density at radius 1 is 0.964 bits per heavy atom. The number of hydrogen-bond donors (Lipinski definition) is 1. The number of aliphatic carboxylic acids is 1. The highest BCUT2D eigenvalue weighted by atomic mass is 32.1. The number of amides is 2. The smallest absolute Gasteiger partial charge is 0.307 e. The van der Waals surface area contributed by atoms with Crippen LogP contribution in [-0.4, -0.2) is 63.9 Å². The number of benzene rings is 1. The Bertz CT molecular complexity index is 871. The summed E-state index contributed by atoms with van der Waals surface area (Å²) >= 11 is 1.38. The highest BCUT2D eigenvalue weighted by Gasteiger charge is 2.39. The van der Waals surface area contributed by atoms with Crippen molar-refractivity contribution in [3.05, 3.63) is 29.3 Å². The number of thiazole rings is 1. The van der Waals surface area contributed by atoms with Crippen LogP contribution in [0.15, 0.2) is 24.3 Å². The van der Waals surface area contributed by atoms with Gasteiger partial charge < -0.3 is 14.9 Å². The van der Waals surface area contributed by atoms with Crippen molar-refractivity contribution in [3.8, 4) is 0 Å². The molecule has 2 fully saturated rings. The lowest BCUT2D eigenvalue weighted by atomic mass is 9.78. The third-order valence-corrected chi connectivity index (χ3v) is 6.78. The summed E-state index contributed by atoms with van der Waals surface area (Å²) in [5.74, 6) is -2.06. The predicted octanol–water partition coefficient (Wildman–Crippen LogP) is 2.47. The van der Waals surface area contributed by atoms with Crippen molar-refractivity contribution in [2.75, 3.05) is 26.2 Å². The summed E-state index contributed by atoms with van der Waals surface area (Å²) in [6.45, 7) is 1.78. The summed E-state index contributed by atoms with van der Waals surface area (Å²) in [6, 6.07) is 7.66. The van der Waals surface area contributed by atoms with Gasteiger partial charge in [0, 0.05) is 26.2 Å². The zero-order valence-electron chi connectivity index (χ0n) is 15.5. The number of carbonyl (C=O) groups is 3. The number of fused-ring (bicyclic) bond motifs is 1. The minimum absolute atomic E-state index is 0.0702. The number of nitrogens with zero attached hydrogens (tertiary/aromatic N) is 3. The van der Waals surface area contributed by atoms with Crippen molar-refractivity contribution >= 4 is 39.3 Å². The van der Waals surface area contributed by atoms with E-state index in [-0.39, 0.29) is 11.8 Å². The van der Waals surface area contributed by atoms with Crippen molar-refractivity contribution in [3.63, 3.8) is 0 Å². The Morgan fingerprint density at radius 3 is 2.29 bits per heavy atom. The molecule has 1 N–H and O–H groups in total. The van der Waals surface area contributed by atoms with Crippen LogP contribution in [0, 0.1) is 11.8 Å². The molecule has 4 rings (SSSR count). The van der Waals surface area contributed by atoms with Gasteiger partial charge >= 0.3 is 5.97 Å². The molecule has 2 heterocycles. The van der Waals surface area contributed by atoms with Crippen molar-refractivity contribution in [2.24, 2.45) is 11.8 Å². The van der Waals surface area contributed by atoms with Gasteiger partial charge in [-0.15, -0.1) is 11.3 Å². The van der Waals surface area contributed by atoms with Gasteiger partial charge in [0.05, 0.1) is 22.1 Å². The number of rotatable bonds is 3. The number of carbonyl (C=O) groups excluding carboxylic acids is 2. The van der Waals surface area contributed by atoms with E-state index in [0.717, 1.165) is 23.1 Å². The first-order chi connectivity index (χ1) is 13.5. The lowest BCUT2D eigenvalue weighted by Crippen LogP contribution is -2.53. The molecule has 1 aromatic carbocycles. The molecular weight excluding hydrogens is 378 g/mol. The van der Waals surface area contributed by atoms with E-state index in [2.05, 4.69) is 4.98 Å². The van der Waals surface area contributed by atoms with Crippen molar-refractivity contribution in [2.45, 2.75) is 25.7 Å². The van der Waals surface area contributed by atoms with Crippen molar-refractivity contribution in [1.82, 2.24) is 14.8 Å². The molecule has 0 radical (unpaired) electrons. The summed E-state index contributed by atoms with van der Waals surface area (Å²) in [4.78, 5) is 45.0. The summed E-state index contributed by atoms with van der Waals surface area (Å²) in [5.41, 5.74) is 0.821. The molecule has 1 saturated carbocycles. The fraction of sp³-hybridized carbons (Fsp3) is 0.500. The summed E-state index contributed by atoms with van der Waals surface area (Å²) in [6.07, 6.45) is 2.98. The Hall–Kier alpha value is -2.48. The lowest BCUT2D eigenvalue weighted by Gasteiger charge is -2.38. The van der Waals surface area contributed by atoms with Gasteiger partial charge in [0.2, 0.25) is 5.91 Å². The molecule has 2 unspecified atom stereocenters. The molecule has 1 aliphatic carbocycles. The van der Waals surface area contributed by atoms with Crippen LogP contribution in [0.5, 0.6) is 0 Å². The van der Waals surface area contributed by atoms with Crippen LogP contribution in [0.1, 0.15) is 35.5 Å². The fourth-order valence-electron chi connectivity index (χ4n) is 4.19. The van der Waals surface area contributed by atoms with Gasteiger partial charge in [-0.25, -0.2) is 4.98 Å². The Kier molecular flexibility index (Phi) is 5.30. The zero-order valence-corrected chi connectivity index (χ0v) is 16.4. The highest BCUT2D eigenvalue weighted by Crippen LogP contribution is 2.32. The number of carboxylic acid groups (broad SMARTS) is 1. The minimum atomic E-state index is -0.873. The van der Waals surface area contributed by atoms with E-state index in [1.807, 2.05) is 24.3 Å². The molecule has 2 atom stereocenters. The molecule has 0 bridgehead atoms. The van der Waals surface area contributed by atoms with Gasteiger partial charge in [-0.2, -0.15) is 0 Å². The van der Waals surface area contributed by atoms with Crippen molar-refractivity contribution in [1.29, 1.82) is 0 Å². The Morgan fingerprint density at radius 2 is 1.61 bits per heavy atom. The predicted molar refractivity (Wildman–Crippen MR) is 105 cm³/mol. The van der Waals surface area contributed by atoms with Gasteiger partial charge in [0.15, 0.2) is 5.01 Å². The normalized spacial score (nSPS) is 23.0. The van der Waals surface area contributed by atoms with E-state index in [4.69, 9.17) is 0 Å². The van der Waals surface area contributed by atoms with E-state index in [9.17, 15) is 19.5 Å². The Labute approximate surface area is 167 Å². The quantitative estimate of drug-likeness (QED) is 0.853. The van der Waals surface area contributed by atoms with E-state index in [0.29, 0.717) is 44.0 Å². The average molecular weight is 401 g/mol. The number of hydrogen-bond acceptors (Lipinski definition) is 5. The number of para-hydroxylation sites is 1. The lowest BCUT2D eigenvalue weighted by molar-refractivity contribution is -0.152. The van der Waals surface area contributed by atoms with Crippen LogP contribution in [0.4, 0.5) is 0 Å². The molecule has 7 nitrogen and oxygen atoms in total. The van der Waals surface area contributed by atoms with E-state index < -0.39 is 17.8 Å². The van der Waals surface area contributed by atoms with Gasteiger partial charge in [0.25, 0.3) is 5.91 Å². The first-order valence-electron chi connectivity index (χ1n) is 9.71. The maximum Gasteiger partial charge on any atom is 0.307 e.